The van der Waals surface area contributed by atoms with Crippen LogP contribution >= 0.6 is 0 Å². The molecule has 2 fully saturated rings. The average Bonchev–Trinajstić information content (AvgIpc) is 3.88. The van der Waals surface area contributed by atoms with Crippen LogP contribution in [0.3, 0.4) is 0 Å². The van der Waals surface area contributed by atoms with Gasteiger partial charge in [-0.05, 0) is 56.1 Å². The van der Waals surface area contributed by atoms with Crippen molar-refractivity contribution in [2.24, 2.45) is 11.3 Å². The van der Waals surface area contributed by atoms with Gasteiger partial charge in [0.2, 0.25) is 27.7 Å². The molecule has 1 unspecified atom stereocenters. The zero-order chi connectivity index (χ0) is 37.8. The molecule has 1 aromatic heterocycles. The minimum atomic E-state index is -3.90. The Morgan fingerprint density at radius 3 is 2.65 bits per heavy atom. The molecule has 5 rings (SSSR count). The number of hydrogen-bond acceptors (Lipinski definition) is 11. The molecule has 3 N–H and O–H groups in total. The van der Waals surface area contributed by atoms with Gasteiger partial charge in [-0.2, -0.15) is 0 Å². The first-order valence-electron chi connectivity index (χ1n) is 17.6. The maximum absolute atomic E-state index is 14.0. The maximum Gasteiger partial charge on any atom is 0.407 e. The molecule has 15 nitrogen and oxygen atoms in total. The van der Waals surface area contributed by atoms with Crippen molar-refractivity contribution in [2.75, 3.05) is 33.4 Å². The van der Waals surface area contributed by atoms with Crippen LogP contribution in [0.2, 0.25) is 0 Å². The Morgan fingerprint density at radius 2 is 1.98 bits per heavy atom. The molecule has 4 bridgehead atoms. The molecule has 284 valence electrons. The fourth-order valence-corrected chi connectivity index (χ4v) is 7.74. The van der Waals surface area contributed by atoms with Crippen LogP contribution in [0.5, 0.6) is 17.4 Å². The average molecular weight is 744 g/mol. The highest BCUT2D eigenvalue weighted by molar-refractivity contribution is 7.90. The zero-order valence-electron chi connectivity index (χ0n) is 30.4. The van der Waals surface area contributed by atoms with Crippen molar-refractivity contribution in [1.29, 1.82) is 0 Å². The minimum absolute atomic E-state index is 0.0180. The van der Waals surface area contributed by atoms with E-state index in [9.17, 15) is 27.6 Å². The van der Waals surface area contributed by atoms with Crippen LogP contribution in [-0.4, -0.2) is 99.0 Å². The first kappa shape index (κ1) is 38.6. The van der Waals surface area contributed by atoms with E-state index in [4.69, 9.17) is 18.9 Å². The summed E-state index contributed by atoms with van der Waals surface area (Å²) in [7, 11) is -2.31. The number of nitrogens with zero attached hydrogens (tertiary/aromatic N) is 2. The summed E-state index contributed by atoms with van der Waals surface area (Å²) in [5, 5.41) is 5.19. The predicted octanol–water partition coefficient (Wildman–Crippen LogP) is 2.99. The van der Waals surface area contributed by atoms with Gasteiger partial charge in [-0.15, -0.1) is 6.58 Å². The second kappa shape index (κ2) is 16.0. The quantitative estimate of drug-likeness (QED) is 0.303. The van der Waals surface area contributed by atoms with E-state index in [1.54, 1.807) is 20.1 Å². The summed E-state index contributed by atoms with van der Waals surface area (Å²) in [6.45, 7) is 11.1. The summed E-state index contributed by atoms with van der Waals surface area (Å²) in [4.78, 5) is 59.5. The number of rotatable bonds is 10. The summed E-state index contributed by atoms with van der Waals surface area (Å²) in [5.74, 6) is -1.45. The molecule has 3 aliphatic rings. The number of aryl methyl sites for hydroxylation is 1. The number of carbonyl (C=O) groups is 4. The van der Waals surface area contributed by atoms with E-state index >= 15 is 0 Å². The summed E-state index contributed by atoms with van der Waals surface area (Å²) in [6, 6.07) is 3.02. The van der Waals surface area contributed by atoms with Gasteiger partial charge in [-0.3, -0.25) is 19.1 Å². The van der Waals surface area contributed by atoms with Crippen molar-refractivity contribution in [3.63, 3.8) is 0 Å². The van der Waals surface area contributed by atoms with Gasteiger partial charge in [0.1, 0.15) is 36.2 Å². The Labute approximate surface area is 304 Å². The van der Waals surface area contributed by atoms with E-state index in [0.717, 1.165) is 18.4 Å². The van der Waals surface area contributed by atoms with Crippen molar-refractivity contribution in [2.45, 2.75) is 89.7 Å². The van der Waals surface area contributed by atoms with Crippen LogP contribution in [0.25, 0.3) is 10.9 Å². The van der Waals surface area contributed by atoms with Crippen LogP contribution in [0, 0.1) is 11.3 Å². The molecule has 3 heterocycles. The Balaban J connectivity index is 1.49. The smallest absolute Gasteiger partial charge is 0.407 e. The third-order valence-corrected chi connectivity index (χ3v) is 11.4. The highest BCUT2D eigenvalue weighted by atomic mass is 32.2. The number of pyridine rings is 1. The molecule has 2 aromatic rings. The van der Waals surface area contributed by atoms with Crippen molar-refractivity contribution in [1.82, 2.24) is 25.2 Å². The lowest BCUT2D eigenvalue weighted by Gasteiger charge is -2.28. The van der Waals surface area contributed by atoms with Crippen LogP contribution in [-0.2, 0) is 35.6 Å². The van der Waals surface area contributed by atoms with Gasteiger partial charge in [0.15, 0.2) is 0 Å². The largest absolute Gasteiger partial charge is 0.496 e. The predicted molar refractivity (Wildman–Crippen MR) is 191 cm³/mol. The molecule has 0 spiro atoms. The summed E-state index contributed by atoms with van der Waals surface area (Å²) < 4.78 is 50.8. The number of ether oxygens (including phenoxy) is 4. The number of nitrogens with one attached hydrogen (secondary N) is 3. The number of hydrogen-bond donors (Lipinski definition) is 3. The molecule has 1 saturated heterocycles. The van der Waals surface area contributed by atoms with Gasteiger partial charge in [-0.1, -0.05) is 26.8 Å². The molecule has 1 aromatic carbocycles. The lowest BCUT2D eigenvalue weighted by atomic mass is 9.87. The Morgan fingerprint density at radius 1 is 1.23 bits per heavy atom. The molecule has 16 heteroatoms. The van der Waals surface area contributed by atoms with Crippen molar-refractivity contribution in [3.8, 4) is 17.4 Å². The number of alkyl carbamates (subject to hydrolysis) is 1. The van der Waals surface area contributed by atoms with Gasteiger partial charge in [0, 0.05) is 29.9 Å². The number of aromatic nitrogens is 1. The Bertz CT molecular complexity index is 1810. The number of cyclic esters (lactones) is 1. The van der Waals surface area contributed by atoms with Crippen LogP contribution in [0.4, 0.5) is 4.79 Å². The number of carbonyl (C=O) groups excluding carboxylic acids is 4. The lowest BCUT2D eigenvalue weighted by Crippen LogP contribution is -2.56. The van der Waals surface area contributed by atoms with Crippen LogP contribution in [0.1, 0.15) is 65.4 Å². The number of fused-ring (bicyclic) bond motifs is 3. The molecule has 52 heavy (non-hydrogen) atoms. The van der Waals surface area contributed by atoms with E-state index in [1.807, 2.05) is 32.9 Å². The standard InChI is InChI=1S/C36H49N5O10S/c1-7-21(3)32(34(44)40-52(46,47)24-11-12-24)39-33(43)27-15-23-19-41(27)31(42)18-37-35(45)50-20-36(4,5)13-9-10-22-14-25-26(16-28(22)48-6)38-30(49-8-2)17-29(25)51-23/h7,14,16-17,21,23-24,27,32H,1,8-13,15,18-20H2,2-6H3,(H,37,45)(H,39,43)(H,40,44)/t21-,23+,27-,32?/m0/s1. The van der Waals surface area contributed by atoms with E-state index < -0.39 is 69.7 Å². The highest BCUT2D eigenvalue weighted by Gasteiger charge is 2.44. The van der Waals surface area contributed by atoms with E-state index in [2.05, 4.69) is 26.9 Å². The van der Waals surface area contributed by atoms with Crippen molar-refractivity contribution < 1.29 is 46.5 Å². The number of methoxy groups -OCH3 is 1. The molecular weight excluding hydrogens is 694 g/mol. The second-order valence-electron chi connectivity index (χ2n) is 14.3. The molecule has 1 aliphatic carbocycles. The van der Waals surface area contributed by atoms with E-state index in [-0.39, 0.29) is 25.0 Å². The zero-order valence-corrected chi connectivity index (χ0v) is 31.2. The SMILES string of the molecule is C=C[C@H](C)C(NC(=O)[C@@H]1C[C@@H]2CN1C(=O)CNC(=O)OCC(C)(C)CCCc1cc3c(cc(OCC)nc3cc1OC)O2)C(=O)NS(=O)(=O)C1CC1. The Kier molecular flexibility index (Phi) is 11.9. The first-order valence-corrected chi connectivity index (χ1v) is 19.2. The molecule has 0 radical (unpaired) electrons. The van der Waals surface area contributed by atoms with Crippen LogP contribution in [0.15, 0.2) is 30.9 Å². The lowest BCUT2D eigenvalue weighted by molar-refractivity contribution is -0.139. The molecule has 4 amide bonds. The highest BCUT2D eigenvalue weighted by Crippen LogP contribution is 2.37. The van der Waals surface area contributed by atoms with Crippen molar-refractivity contribution in [3.05, 3.63) is 36.4 Å². The number of sulfonamides is 1. The summed E-state index contributed by atoms with van der Waals surface area (Å²) in [5.41, 5.74) is 1.13. The molecule has 2 aliphatic heterocycles. The number of benzene rings is 1. The third-order valence-electron chi connectivity index (χ3n) is 9.58. The van der Waals surface area contributed by atoms with Gasteiger partial charge < -0.3 is 34.5 Å². The molecule has 4 atom stereocenters. The summed E-state index contributed by atoms with van der Waals surface area (Å²) in [6.07, 6.45) is 3.02. The summed E-state index contributed by atoms with van der Waals surface area (Å²) >= 11 is 0. The minimum Gasteiger partial charge on any atom is -0.496 e. The monoisotopic (exact) mass is 743 g/mol. The van der Waals surface area contributed by atoms with Gasteiger partial charge in [-0.25, -0.2) is 18.2 Å². The molecule has 1 saturated carbocycles. The molecular formula is C36H49N5O10S. The fraction of sp³-hybridized carbons (Fsp3) is 0.583. The van der Waals surface area contributed by atoms with E-state index in [0.29, 0.717) is 54.2 Å². The Hall–Kier alpha value is -4.60. The fourth-order valence-electron chi connectivity index (χ4n) is 6.41. The first-order chi connectivity index (χ1) is 24.6. The number of amides is 4. The van der Waals surface area contributed by atoms with Gasteiger partial charge in [0.25, 0.3) is 5.91 Å². The van der Waals surface area contributed by atoms with Gasteiger partial charge >= 0.3 is 6.09 Å². The third kappa shape index (κ3) is 9.24. The van der Waals surface area contributed by atoms with Crippen molar-refractivity contribution >= 4 is 44.7 Å². The second-order valence-corrected chi connectivity index (χ2v) is 16.3. The normalized spacial score (nSPS) is 22.1. The van der Waals surface area contributed by atoms with Gasteiger partial charge in [0.05, 0.1) is 37.6 Å². The maximum atomic E-state index is 14.0. The van der Waals surface area contributed by atoms with Crippen LogP contribution < -0.4 is 29.6 Å². The topological polar surface area (TPSA) is 192 Å². The van der Waals surface area contributed by atoms with E-state index in [1.165, 1.54) is 11.0 Å².